The summed E-state index contributed by atoms with van der Waals surface area (Å²) in [5, 5.41) is 8.94. The van der Waals surface area contributed by atoms with Crippen LogP contribution in [0.15, 0.2) is 18.2 Å². The van der Waals surface area contributed by atoms with E-state index >= 15 is 0 Å². The van der Waals surface area contributed by atoms with E-state index in [0.29, 0.717) is 5.02 Å². The number of nitriles is 1. The first-order chi connectivity index (χ1) is 6.25. The molecule has 1 rings (SSSR count). The van der Waals surface area contributed by atoms with Gasteiger partial charge in [0.1, 0.15) is 0 Å². The highest BCUT2D eigenvalue weighted by Gasteiger charge is 1.98. The van der Waals surface area contributed by atoms with E-state index in [1.807, 2.05) is 25.1 Å². The van der Waals surface area contributed by atoms with Crippen molar-refractivity contribution in [2.75, 3.05) is 0 Å². The summed E-state index contributed by atoms with van der Waals surface area (Å²) in [5.41, 5.74) is 1.86. The number of aryl methyl sites for hydroxylation is 1. The van der Waals surface area contributed by atoms with E-state index in [4.69, 9.17) is 16.9 Å². The summed E-state index contributed by atoms with van der Waals surface area (Å²) < 4.78 is 0. The van der Waals surface area contributed by atoms with Crippen LogP contribution in [0.5, 0.6) is 0 Å². The zero-order valence-corrected chi connectivity index (χ0v) is 8.02. The summed E-state index contributed by atoms with van der Waals surface area (Å²) in [6.45, 7) is 1.95. The standard InChI is InChI=1S/C11H8ClN/c1-9-5-4-7-11(12)10(9)6-2-3-8-13/h4-5,7H,3H2,1H3. The maximum atomic E-state index is 8.30. The van der Waals surface area contributed by atoms with Gasteiger partial charge in [0.25, 0.3) is 0 Å². The van der Waals surface area contributed by atoms with Gasteiger partial charge in [-0.3, -0.25) is 0 Å². The number of benzene rings is 1. The Morgan fingerprint density at radius 3 is 2.85 bits per heavy atom. The van der Waals surface area contributed by atoms with Crippen LogP contribution in [0.1, 0.15) is 17.5 Å². The van der Waals surface area contributed by atoms with Crippen molar-refractivity contribution in [3.8, 4) is 17.9 Å². The third kappa shape index (κ3) is 2.51. The van der Waals surface area contributed by atoms with E-state index < -0.39 is 0 Å². The molecule has 0 amide bonds. The van der Waals surface area contributed by atoms with E-state index in [1.165, 1.54) is 0 Å². The van der Waals surface area contributed by atoms with Crippen LogP contribution in [0.4, 0.5) is 0 Å². The van der Waals surface area contributed by atoms with Crippen molar-refractivity contribution >= 4 is 11.6 Å². The Morgan fingerprint density at radius 1 is 1.46 bits per heavy atom. The van der Waals surface area contributed by atoms with E-state index in [9.17, 15) is 0 Å². The van der Waals surface area contributed by atoms with Crippen LogP contribution in [0.3, 0.4) is 0 Å². The molecule has 64 valence electrons. The largest absolute Gasteiger partial charge is 0.197 e. The monoisotopic (exact) mass is 189 g/mol. The summed E-state index contributed by atoms with van der Waals surface area (Å²) >= 11 is 5.92. The predicted molar refractivity (Wildman–Crippen MR) is 53.3 cm³/mol. The van der Waals surface area contributed by atoms with Gasteiger partial charge in [0, 0.05) is 5.56 Å². The maximum Gasteiger partial charge on any atom is 0.0966 e. The molecule has 0 bridgehead atoms. The van der Waals surface area contributed by atoms with Crippen molar-refractivity contribution < 1.29 is 0 Å². The average molecular weight is 190 g/mol. The highest BCUT2D eigenvalue weighted by atomic mass is 35.5. The molecule has 0 aliphatic rings. The Balaban J connectivity index is 3.03. The van der Waals surface area contributed by atoms with Gasteiger partial charge in [0.2, 0.25) is 0 Å². The minimum Gasteiger partial charge on any atom is -0.197 e. The highest BCUT2D eigenvalue weighted by molar-refractivity contribution is 6.31. The number of rotatable bonds is 0. The Kier molecular flexibility index (Phi) is 3.38. The molecule has 13 heavy (non-hydrogen) atoms. The van der Waals surface area contributed by atoms with Crippen LogP contribution < -0.4 is 0 Å². The Bertz CT molecular complexity index is 384. The van der Waals surface area contributed by atoms with Gasteiger partial charge in [-0.15, -0.1) is 0 Å². The van der Waals surface area contributed by atoms with Crippen LogP contribution in [0, 0.1) is 30.1 Å². The van der Waals surface area contributed by atoms with E-state index in [0.717, 1.165) is 11.1 Å². The van der Waals surface area contributed by atoms with Crippen molar-refractivity contribution in [3.63, 3.8) is 0 Å². The Morgan fingerprint density at radius 2 is 2.23 bits per heavy atom. The molecule has 1 aromatic carbocycles. The topological polar surface area (TPSA) is 23.8 Å². The molecule has 0 atom stereocenters. The highest BCUT2D eigenvalue weighted by Crippen LogP contribution is 2.17. The number of hydrogen-bond acceptors (Lipinski definition) is 1. The van der Waals surface area contributed by atoms with E-state index in [2.05, 4.69) is 11.8 Å². The summed E-state index contributed by atoms with van der Waals surface area (Å²) in [6, 6.07) is 7.59. The normalized spacial score (nSPS) is 8.38. The first kappa shape index (κ1) is 9.65. The first-order valence-electron chi connectivity index (χ1n) is 3.86. The summed E-state index contributed by atoms with van der Waals surface area (Å²) in [6.07, 6.45) is 0.241. The van der Waals surface area contributed by atoms with Gasteiger partial charge in [0.05, 0.1) is 17.5 Å². The number of nitrogens with zero attached hydrogens (tertiary/aromatic N) is 1. The SMILES string of the molecule is Cc1cccc(Cl)c1C#CCC#N. The van der Waals surface area contributed by atoms with Crippen LogP contribution in [0.2, 0.25) is 5.02 Å². The van der Waals surface area contributed by atoms with Crippen LogP contribution in [-0.2, 0) is 0 Å². The molecule has 0 heterocycles. The smallest absolute Gasteiger partial charge is 0.0966 e. The van der Waals surface area contributed by atoms with Gasteiger partial charge in [-0.2, -0.15) is 5.26 Å². The molecule has 0 saturated carbocycles. The molecule has 1 aromatic rings. The minimum atomic E-state index is 0.241. The van der Waals surface area contributed by atoms with Crippen molar-refractivity contribution in [2.45, 2.75) is 13.3 Å². The van der Waals surface area contributed by atoms with Crippen LogP contribution in [0.25, 0.3) is 0 Å². The third-order valence-electron chi connectivity index (χ3n) is 1.60. The van der Waals surface area contributed by atoms with Crippen molar-refractivity contribution in [1.29, 1.82) is 5.26 Å². The van der Waals surface area contributed by atoms with Gasteiger partial charge in [0.15, 0.2) is 0 Å². The number of halogens is 1. The minimum absolute atomic E-state index is 0.241. The summed E-state index contributed by atoms with van der Waals surface area (Å²) in [4.78, 5) is 0. The van der Waals surface area contributed by atoms with Crippen molar-refractivity contribution in [2.24, 2.45) is 0 Å². The maximum absolute atomic E-state index is 8.30. The zero-order valence-electron chi connectivity index (χ0n) is 7.26. The van der Waals surface area contributed by atoms with E-state index in [-0.39, 0.29) is 6.42 Å². The summed E-state index contributed by atoms with van der Waals surface area (Å²) in [7, 11) is 0. The molecule has 0 spiro atoms. The van der Waals surface area contributed by atoms with Crippen molar-refractivity contribution in [3.05, 3.63) is 34.3 Å². The molecule has 0 aromatic heterocycles. The second-order valence-electron chi connectivity index (χ2n) is 2.57. The molecule has 0 radical (unpaired) electrons. The molecule has 0 fully saturated rings. The van der Waals surface area contributed by atoms with Gasteiger partial charge >= 0.3 is 0 Å². The summed E-state index contributed by atoms with van der Waals surface area (Å²) in [5.74, 6) is 5.62. The Hall–Kier alpha value is -1.44. The zero-order chi connectivity index (χ0) is 9.68. The predicted octanol–water partition coefficient (Wildman–Crippen LogP) is 2.91. The lowest BCUT2D eigenvalue weighted by atomic mass is 10.1. The molecule has 0 unspecified atom stereocenters. The molecule has 1 nitrogen and oxygen atoms in total. The van der Waals surface area contributed by atoms with Gasteiger partial charge < -0.3 is 0 Å². The van der Waals surface area contributed by atoms with E-state index in [1.54, 1.807) is 6.07 Å². The van der Waals surface area contributed by atoms with Crippen LogP contribution in [-0.4, -0.2) is 0 Å². The molecule has 0 N–H and O–H groups in total. The average Bonchev–Trinajstić information content (AvgIpc) is 2.10. The molecular formula is C11H8ClN. The Labute approximate surface area is 83.0 Å². The lowest BCUT2D eigenvalue weighted by Gasteiger charge is -1.98. The molecule has 0 aliphatic heterocycles. The second kappa shape index (κ2) is 4.55. The fourth-order valence-electron chi connectivity index (χ4n) is 0.962. The lowest BCUT2D eigenvalue weighted by Crippen LogP contribution is -1.82. The van der Waals surface area contributed by atoms with Gasteiger partial charge in [-0.1, -0.05) is 35.6 Å². The van der Waals surface area contributed by atoms with Gasteiger partial charge in [-0.25, -0.2) is 0 Å². The van der Waals surface area contributed by atoms with Crippen molar-refractivity contribution in [1.82, 2.24) is 0 Å². The lowest BCUT2D eigenvalue weighted by molar-refractivity contribution is 1.39. The number of hydrogen-bond donors (Lipinski definition) is 0. The molecule has 0 saturated heterocycles. The van der Waals surface area contributed by atoms with Crippen LogP contribution >= 0.6 is 11.6 Å². The quantitative estimate of drug-likeness (QED) is 0.576. The fourth-order valence-corrected chi connectivity index (χ4v) is 1.23. The van der Waals surface area contributed by atoms with Gasteiger partial charge in [-0.05, 0) is 18.6 Å². The molecule has 2 heteroatoms. The second-order valence-corrected chi connectivity index (χ2v) is 2.98. The fraction of sp³-hybridized carbons (Fsp3) is 0.182. The molecular weight excluding hydrogens is 182 g/mol. The molecule has 0 aliphatic carbocycles. The first-order valence-corrected chi connectivity index (χ1v) is 4.24. The third-order valence-corrected chi connectivity index (χ3v) is 1.92.